The third-order valence-corrected chi connectivity index (χ3v) is 2.64. The number of nitrogen functional groups attached to an aromatic ring is 1. The summed E-state index contributed by atoms with van der Waals surface area (Å²) in [4.78, 5) is 0. The van der Waals surface area contributed by atoms with Crippen LogP contribution in [0, 0.1) is 0 Å². The molecule has 94 valence electrons. The first-order valence-corrected chi connectivity index (χ1v) is 5.83. The zero-order valence-electron chi connectivity index (χ0n) is 10.1. The normalized spacial score (nSPS) is 10.3. The van der Waals surface area contributed by atoms with Crippen LogP contribution in [0.4, 0.5) is 17.4 Å². The standard InChI is InChI=1S/C14H12N4O/c15-12-9-5-4-8-11(12)13-17-18-14(19-13)16-10-6-2-1-3-7-10/h1-9H,15H2,(H,16,18). The van der Waals surface area contributed by atoms with Crippen molar-refractivity contribution < 1.29 is 4.42 Å². The molecule has 3 N–H and O–H groups in total. The van der Waals surface area contributed by atoms with Gasteiger partial charge in [0.1, 0.15) is 0 Å². The monoisotopic (exact) mass is 252 g/mol. The van der Waals surface area contributed by atoms with Gasteiger partial charge < -0.3 is 15.5 Å². The smallest absolute Gasteiger partial charge is 0.320 e. The number of nitrogens with one attached hydrogen (secondary N) is 1. The van der Waals surface area contributed by atoms with E-state index in [1.807, 2.05) is 48.5 Å². The van der Waals surface area contributed by atoms with E-state index in [-0.39, 0.29) is 0 Å². The Morgan fingerprint density at radius 3 is 2.42 bits per heavy atom. The van der Waals surface area contributed by atoms with E-state index in [0.29, 0.717) is 17.6 Å². The second kappa shape index (κ2) is 4.81. The van der Waals surface area contributed by atoms with E-state index in [9.17, 15) is 0 Å². The summed E-state index contributed by atoms with van der Waals surface area (Å²) in [5.41, 5.74) is 8.10. The summed E-state index contributed by atoms with van der Waals surface area (Å²) < 4.78 is 5.54. The van der Waals surface area contributed by atoms with Crippen molar-refractivity contribution in [3.05, 3.63) is 54.6 Å². The number of para-hydroxylation sites is 2. The van der Waals surface area contributed by atoms with Gasteiger partial charge in [-0.05, 0) is 24.3 Å². The minimum Gasteiger partial charge on any atom is -0.403 e. The number of hydrogen-bond donors (Lipinski definition) is 2. The van der Waals surface area contributed by atoms with Gasteiger partial charge >= 0.3 is 6.01 Å². The van der Waals surface area contributed by atoms with E-state index in [1.54, 1.807) is 6.07 Å². The summed E-state index contributed by atoms with van der Waals surface area (Å²) in [7, 11) is 0. The first kappa shape index (κ1) is 11.3. The third-order valence-electron chi connectivity index (χ3n) is 2.64. The molecule has 0 aliphatic rings. The third kappa shape index (κ3) is 2.40. The van der Waals surface area contributed by atoms with Crippen LogP contribution < -0.4 is 11.1 Å². The lowest BCUT2D eigenvalue weighted by atomic mass is 10.2. The lowest BCUT2D eigenvalue weighted by Crippen LogP contribution is -1.89. The number of rotatable bonds is 3. The van der Waals surface area contributed by atoms with Crippen LogP contribution in [0.5, 0.6) is 0 Å². The molecular weight excluding hydrogens is 240 g/mol. The highest BCUT2D eigenvalue weighted by Gasteiger charge is 2.10. The lowest BCUT2D eigenvalue weighted by Gasteiger charge is -2.00. The number of benzene rings is 2. The molecule has 3 rings (SSSR count). The van der Waals surface area contributed by atoms with Crippen molar-refractivity contribution in [1.29, 1.82) is 0 Å². The van der Waals surface area contributed by atoms with E-state index in [1.165, 1.54) is 0 Å². The summed E-state index contributed by atoms with van der Waals surface area (Å²) in [5, 5.41) is 11.0. The number of hydrogen-bond acceptors (Lipinski definition) is 5. The molecule has 0 atom stereocenters. The Kier molecular flexibility index (Phi) is 2.86. The first-order chi connectivity index (χ1) is 9.33. The summed E-state index contributed by atoms with van der Waals surface area (Å²) in [6.45, 7) is 0. The molecule has 0 aliphatic carbocycles. The zero-order chi connectivity index (χ0) is 13.1. The van der Waals surface area contributed by atoms with Gasteiger partial charge in [-0.3, -0.25) is 0 Å². The molecule has 3 aromatic rings. The minimum atomic E-state index is 0.337. The van der Waals surface area contributed by atoms with Gasteiger partial charge in [0, 0.05) is 11.4 Å². The second-order valence-corrected chi connectivity index (χ2v) is 3.99. The average molecular weight is 252 g/mol. The number of anilines is 3. The molecule has 2 aromatic carbocycles. The fourth-order valence-corrected chi connectivity index (χ4v) is 1.72. The Labute approximate surface area is 110 Å². The molecule has 5 heteroatoms. The number of nitrogens with two attached hydrogens (primary N) is 1. The van der Waals surface area contributed by atoms with E-state index in [4.69, 9.17) is 10.2 Å². The summed E-state index contributed by atoms with van der Waals surface area (Å²) in [5.74, 6) is 0.400. The van der Waals surface area contributed by atoms with Gasteiger partial charge in [-0.1, -0.05) is 35.4 Å². The maximum absolute atomic E-state index is 5.87. The van der Waals surface area contributed by atoms with Gasteiger partial charge in [0.2, 0.25) is 0 Å². The molecule has 5 nitrogen and oxygen atoms in total. The van der Waals surface area contributed by atoms with Crippen molar-refractivity contribution in [2.24, 2.45) is 0 Å². The molecule has 19 heavy (non-hydrogen) atoms. The molecule has 0 unspecified atom stereocenters. The second-order valence-electron chi connectivity index (χ2n) is 3.99. The quantitative estimate of drug-likeness (QED) is 0.700. The van der Waals surface area contributed by atoms with Gasteiger partial charge in [0.05, 0.1) is 5.56 Å². The van der Waals surface area contributed by atoms with E-state index >= 15 is 0 Å². The van der Waals surface area contributed by atoms with Gasteiger partial charge in [0.25, 0.3) is 5.89 Å². The Morgan fingerprint density at radius 1 is 0.895 bits per heavy atom. The van der Waals surface area contributed by atoms with Crippen molar-refractivity contribution in [3.63, 3.8) is 0 Å². The Balaban J connectivity index is 1.86. The summed E-state index contributed by atoms with van der Waals surface area (Å²) >= 11 is 0. The molecule has 0 fully saturated rings. The summed E-state index contributed by atoms with van der Waals surface area (Å²) in [6, 6.07) is 17.3. The Bertz CT molecular complexity index is 679. The molecule has 0 aliphatic heterocycles. The maximum atomic E-state index is 5.87. The number of aromatic nitrogens is 2. The van der Waals surface area contributed by atoms with E-state index in [2.05, 4.69) is 15.5 Å². The van der Waals surface area contributed by atoms with Crippen molar-refractivity contribution in [1.82, 2.24) is 10.2 Å². The highest BCUT2D eigenvalue weighted by atomic mass is 16.4. The van der Waals surface area contributed by atoms with Crippen LogP contribution in [0.25, 0.3) is 11.5 Å². The van der Waals surface area contributed by atoms with Crippen molar-refractivity contribution in [3.8, 4) is 11.5 Å². The van der Waals surface area contributed by atoms with Crippen LogP contribution >= 0.6 is 0 Å². The molecule has 0 spiro atoms. The van der Waals surface area contributed by atoms with E-state index < -0.39 is 0 Å². The van der Waals surface area contributed by atoms with Gasteiger partial charge in [-0.2, -0.15) is 0 Å². The molecule has 0 saturated carbocycles. The Hall–Kier alpha value is -2.82. The molecule has 0 amide bonds. The molecule has 0 bridgehead atoms. The van der Waals surface area contributed by atoms with Crippen molar-refractivity contribution >= 4 is 17.4 Å². The minimum absolute atomic E-state index is 0.337. The van der Waals surface area contributed by atoms with E-state index in [0.717, 1.165) is 11.3 Å². The lowest BCUT2D eigenvalue weighted by molar-refractivity contribution is 0.588. The van der Waals surface area contributed by atoms with Crippen LogP contribution in [0.15, 0.2) is 59.0 Å². The molecule has 1 aromatic heterocycles. The SMILES string of the molecule is Nc1ccccc1-c1nnc(Nc2ccccc2)o1. The van der Waals surface area contributed by atoms with Gasteiger partial charge in [-0.25, -0.2) is 0 Å². The predicted molar refractivity (Wildman–Crippen MR) is 73.9 cm³/mol. The summed E-state index contributed by atoms with van der Waals surface area (Å²) in [6.07, 6.45) is 0. The van der Waals surface area contributed by atoms with Crippen LogP contribution in [0.3, 0.4) is 0 Å². The van der Waals surface area contributed by atoms with Crippen LogP contribution in [0.2, 0.25) is 0 Å². The fraction of sp³-hybridized carbons (Fsp3) is 0. The fourth-order valence-electron chi connectivity index (χ4n) is 1.72. The zero-order valence-corrected chi connectivity index (χ0v) is 10.1. The Morgan fingerprint density at radius 2 is 1.63 bits per heavy atom. The van der Waals surface area contributed by atoms with Crippen LogP contribution in [0.1, 0.15) is 0 Å². The molecule has 1 heterocycles. The highest BCUT2D eigenvalue weighted by Crippen LogP contribution is 2.26. The predicted octanol–water partition coefficient (Wildman–Crippen LogP) is 3.06. The average Bonchev–Trinajstić information content (AvgIpc) is 2.89. The van der Waals surface area contributed by atoms with Crippen LogP contribution in [-0.2, 0) is 0 Å². The maximum Gasteiger partial charge on any atom is 0.320 e. The van der Waals surface area contributed by atoms with Gasteiger partial charge in [0.15, 0.2) is 0 Å². The molecule has 0 saturated heterocycles. The van der Waals surface area contributed by atoms with Crippen molar-refractivity contribution in [2.45, 2.75) is 0 Å². The highest BCUT2D eigenvalue weighted by molar-refractivity contribution is 5.70. The van der Waals surface area contributed by atoms with Crippen LogP contribution in [-0.4, -0.2) is 10.2 Å². The topological polar surface area (TPSA) is 77.0 Å². The van der Waals surface area contributed by atoms with Crippen molar-refractivity contribution in [2.75, 3.05) is 11.1 Å². The number of nitrogens with zero attached hydrogens (tertiary/aromatic N) is 2. The molecule has 0 radical (unpaired) electrons. The largest absolute Gasteiger partial charge is 0.403 e. The van der Waals surface area contributed by atoms with Gasteiger partial charge in [-0.15, -0.1) is 5.10 Å². The molecular formula is C14H12N4O. The first-order valence-electron chi connectivity index (χ1n) is 5.83.